The molecule has 0 radical (unpaired) electrons. The molecule has 24 heavy (non-hydrogen) atoms. The number of hydrogen-bond acceptors (Lipinski definition) is 4. The van der Waals surface area contributed by atoms with Crippen molar-refractivity contribution in [2.45, 2.75) is 6.54 Å². The van der Waals surface area contributed by atoms with E-state index in [9.17, 15) is 4.79 Å². The topological polar surface area (TPSA) is 62.5 Å². The number of hydrogen-bond donors (Lipinski definition) is 1. The second-order valence-corrected chi connectivity index (χ2v) is 6.07. The molecule has 0 atom stereocenters. The summed E-state index contributed by atoms with van der Waals surface area (Å²) in [6, 6.07) is 9.06. The number of nitrogens with two attached hydrogens (primary N) is 1. The van der Waals surface area contributed by atoms with E-state index in [2.05, 4.69) is 9.88 Å². The number of aromatic nitrogens is 1. The van der Waals surface area contributed by atoms with Gasteiger partial charge in [0.15, 0.2) is 0 Å². The minimum absolute atomic E-state index is 0. The van der Waals surface area contributed by atoms with Crippen molar-refractivity contribution in [3.63, 3.8) is 0 Å². The van der Waals surface area contributed by atoms with Crippen LogP contribution in [0.2, 0.25) is 5.02 Å². The van der Waals surface area contributed by atoms with Crippen LogP contribution in [0.3, 0.4) is 0 Å². The fourth-order valence-corrected chi connectivity index (χ4v) is 3.00. The Kier molecular flexibility index (Phi) is 6.43. The van der Waals surface area contributed by atoms with Crippen molar-refractivity contribution < 1.29 is 4.79 Å². The van der Waals surface area contributed by atoms with Gasteiger partial charge in [-0.15, -0.1) is 12.4 Å². The van der Waals surface area contributed by atoms with Crippen LogP contribution in [0.15, 0.2) is 42.7 Å². The Balaban J connectivity index is 0.00000208. The molecule has 0 saturated carbocycles. The van der Waals surface area contributed by atoms with E-state index in [1.54, 1.807) is 30.6 Å². The van der Waals surface area contributed by atoms with Crippen molar-refractivity contribution in [2.24, 2.45) is 0 Å². The van der Waals surface area contributed by atoms with Gasteiger partial charge in [0.1, 0.15) is 0 Å². The quantitative estimate of drug-likeness (QED) is 0.848. The van der Waals surface area contributed by atoms with Gasteiger partial charge in [0, 0.05) is 50.8 Å². The van der Waals surface area contributed by atoms with E-state index in [1.807, 2.05) is 17.0 Å². The van der Waals surface area contributed by atoms with Gasteiger partial charge in [-0.2, -0.15) is 0 Å². The number of halogens is 2. The lowest BCUT2D eigenvalue weighted by molar-refractivity contribution is 0.0628. The van der Waals surface area contributed by atoms with Gasteiger partial charge >= 0.3 is 0 Å². The molecule has 1 aromatic heterocycles. The van der Waals surface area contributed by atoms with E-state index in [1.165, 1.54) is 5.56 Å². The van der Waals surface area contributed by atoms with Crippen LogP contribution in [0.4, 0.5) is 5.69 Å². The highest BCUT2D eigenvalue weighted by molar-refractivity contribution is 6.34. The third kappa shape index (κ3) is 4.38. The molecule has 0 bridgehead atoms. The van der Waals surface area contributed by atoms with Crippen LogP contribution in [-0.2, 0) is 6.54 Å². The minimum Gasteiger partial charge on any atom is -0.399 e. The average molecular weight is 367 g/mol. The first-order valence-corrected chi connectivity index (χ1v) is 7.97. The molecule has 128 valence electrons. The lowest BCUT2D eigenvalue weighted by atomic mass is 10.1. The molecule has 1 aliphatic heterocycles. The second-order valence-electron chi connectivity index (χ2n) is 5.66. The number of rotatable bonds is 3. The van der Waals surface area contributed by atoms with Crippen molar-refractivity contribution in [1.29, 1.82) is 0 Å². The summed E-state index contributed by atoms with van der Waals surface area (Å²) < 4.78 is 0. The van der Waals surface area contributed by atoms with E-state index in [0.717, 1.165) is 19.6 Å². The largest absolute Gasteiger partial charge is 0.399 e. The monoisotopic (exact) mass is 366 g/mol. The van der Waals surface area contributed by atoms with Crippen LogP contribution >= 0.6 is 24.0 Å². The maximum Gasteiger partial charge on any atom is 0.255 e. The van der Waals surface area contributed by atoms with Gasteiger partial charge in [0.05, 0.1) is 10.6 Å². The minimum atomic E-state index is -0.0291. The van der Waals surface area contributed by atoms with Crippen LogP contribution in [-0.4, -0.2) is 46.9 Å². The molecule has 0 spiro atoms. The SMILES string of the molecule is Cl.Nc1ccc(C(=O)N2CCN(Cc3ccncc3)CC2)c(Cl)c1. The van der Waals surface area contributed by atoms with Gasteiger partial charge in [-0.1, -0.05) is 11.6 Å². The summed E-state index contributed by atoms with van der Waals surface area (Å²) in [7, 11) is 0. The lowest BCUT2D eigenvalue weighted by Crippen LogP contribution is -2.48. The Bertz CT molecular complexity index is 688. The average Bonchev–Trinajstić information content (AvgIpc) is 2.56. The number of amides is 1. The van der Waals surface area contributed by atoms with Crippen molar-refractivity contribution in [3.8, 4) is 0 Å². The maximum atomic E-state index is 12.6. The van der Waals surface area contributed by atoms with Crippen molar-refractivity contribution >= 4 is 35.6 Å². The Morgan fingerprint density at radius 3 is 2.42 bits per heavy atom. The van der Waals surface area contributed by atoms with Crippen LogP contribution < -0.4 is 5.73 Å². The predicted molar refractivity (Wildman–Crippen MR) is 98.5 cm³/mol. The fraction of sp³-hybridized carbons (Fsp3) is 0.294. The van der Waals surface area contributed by atoms with E-state index in [0.29, 0.717) is 29.4 Å². The summed E-state index contributed by atoms with van der Waals surface area (Å²) in [6.45, 7) is 3.98. The zero-order valence-corrected chi connectivity index (χ0v) is 14.8. The molecule has 1 aromatic carbocycles. The molecule has 3 rings (SSSR count). The van der Waals surface area contributed by atoms with E-state index < -0.39 is 0 Å². The zero-order valence-electron chi connectivity index (χ0n) is 13.2. The number of nitrogen functional groups attached to an aromatic ring is 1. The lowest BCUT2D eigenvalue weighted by Gasteiger charge is -2.35. The van der Waals surface area contributed by atoms with E-state index in [4.69, 9.17) is 17.3 Å². The molecule has 2 aromatic rings. The third-order valence-corrected chi connectivity index (χ3v) is 4.35. The molecule has 5 nitrogen and oxygen atoms in total. The molecule has 0 unspecified atom stereocenters. The van der Waals surface area contributed by atoms with Crippen molar-refractivity contribution in [1.82, 2.24) is 14.8 Å². The first-order valence-electron chi connectivity index (χ1n) is 7.59. The summed E-state index contributed by atoms with van der Waals surface area (Å²) in [5.41, 5.74) is 8.00. The highest BCUT2D eigenvalue weighted by atomic mass is 35.5. The number of pyridine rings is 1. The predicted octanol–water partition coefficient (Wildman–Crippen LogP) is 2.70. The van der Waals surface area contributed by atoms with Gasteiger partial charge in [0.2, 0.25) is 0 Å². The third-order valence-electron chi connectivity index (χ3n) is 4.04. The number of carbonyl (C=O) groups excluding carboxylic acids is 1. The van der Waals surface area contributed by atoms with Gasteiger partial charge in [-0.25, -0.2) is 0 Å². The molecular formula is C17H20Cl2N4O. The molecule has 1 saturated heterocycles. The van der Waals surface area contributed by atoms with E-state index >= 15 is 0 Å². The van der Waals surface area contributed by atoms with Gasteiger partial charge in [0.25, 0.3) is 5.91 Å². The summed E-state index contributed by atoms with van der Waals surface area (Å²) in [6.07, 6.45) is 3.61. The van der Waals surface area contributed by atoms with Gasteiger partial charge < -0.3 is 10.6 Å². The Morgan fingerprint density at radius 2 is 1.79 bits per heavy atom. The number of benzene rings is 1. The normalized spacial score (nSPS) is 15.0. The number of nitrogens with zero attached hydrogens (tertiary/aromatic N) is 3. The number of anilines is 1. The summed E-state index contributed by atoms with van der Waals surface area (Å²) in [5.74, 6) is -0.0291. The molecule has 2 N–H and O–H groups in total. The van der Waals surface area contributed by atoms with E-state index in [-0.39, 0.29) is 18.3 Å². The smallest absolute Gasteiger partial charge is 0.255 e. The van der Waals surface area contributed by atoms with Crippen molar-refractivity contribution in [2.75, 3.05) is 31.9 Å². The van der Waals surface area contributed by atoms with Crippen molar-refractivity contribution in [3.05, 3.63) is 58.9 Å². The molecule has 0 aliphatic carbocycles. The summed E-state index contributed by atoms with van der Waals surface area (Å²) in [5, 5.41) is 0.411. The molecule has 1 aliphatic rings. The highest BCUT2D eigenvalue weighted by Gasteiger charge is 2.23. The van der Waals surface area contributed by atoms with Gasteiger partial charge in [-0.3, -0.25) is 14.7 Å². The van der Waals surface area contributed by atoms with Crippen LogP contribution in [0.5, 0.6) is 0 Å². The standard InChI is InChI=1S/C17H19ClN4O.ClH/c18-16-11-14(19)1-2-15(16)17(23)22-9-7-21(8-10-22)12-13-3-5-20-6-4-13;/h1-6,11H,7-10,12,19H2;1H. The second kappa shape index (κ2) is 8.33. The molecule has 7 heteroatoms. The summed E-state index contributed by atoms with van der Waals surface area (Å²) >= 11 is 6.14. The number of piperazine rings is 1. The Labute approximate surface area is 152 Å². The molecule has 2 heterocycles. The molecule has 1 amide bonds. The first kappa shape index (κ1) is 18.5. The summed E-state index contributed by atoms with van der Waals surface area (Å²) in [4.78, 5) is 20.8. The maximum absolute atomic E-state index is 12.6. The zero-order chi connectivity index (χ0) is 16.2. The molecule has 1 fully saturated rings. The van der Waals surface area contributed by atoms with Crippen LogP contribution in [0, 0.1) is 0 Å². The first-order chi connectivity index (χ1) is 11.1. The van der Waals surface area contributed by atoms with Gasteiger partial charge in [-0.05, 0) is 35.9 Å². The van der Waals surface area contributed by atoms with Crippen LogP contribution in [0.25, 0.3) is 0 Å². The number of carbonyl (C=O) groups is 1. The molecular weight excluding hydrogens is 347 g/mol. The highest BCUT2D eigenvalue weighted by Crippen LogP contribution is 2.21. The Morgan fingerprint density at radius 1 is 1.12 bits per heavy atom. The Hall–Kier alpha value is -1.82. The fourth-order valence-electron chi connectivity index (χ4n) is 2.73. The van der Waals surface area contributed by atoms with Crippen LogP contribution in [0.1, 0.15) is 15.9 Å².